The van der Waals surface area contributed by atoms with E-state index in [1.807, 2.05) is 28.8 Å². The molecule has 8 nitrogen and oxygen atoms in total. The molecule has 0 aliphatic heterocycles. The Morgan fingerprint density at radius 2 is 1.83 bits per heavy atom. The number of anilines is 1. The highest BCUT2D eigenvalue weighted by Crippen LogP contribution is 2.31. The Labute approximate surface area is 208 Å². The minimum Gasteiger partial charge on any atom is -0.383 e. The third-order valence-corrected chi connectivity index (χ3v) is 7.14. The van der Waals surface area contributed by atoms with Gasteiger partial charge in [0.15, 0.2) is 11.5 Å². The molecule has 3 aromatic heterocycles. The van der Waals surface area contributed by atoms with Gasteiger partial charge in [0.1, 0.15) is 17.2 Å². The predicted octanol–water partition coefficient (Wildman–Crippen LogP) is 4.44. The summed E-state index contributed by atoms with van der Waals surface area (Å²) >= 11 is 3.43. The van der Waals surface area contributed by atoms with Crippen molar-refractivity contribution in [1.29, 1.82) is 0 Å². The third kappa shape index (κ3) is 4.65. The largest absolute Gasteiger partial charge is 0.383 e. The van der Waals surface area contributed by atoms with Gasteiger partial charge in [0.2, 0.25) is 10.0 Å². The fourth-order valence-electron chi connectivity index (χ4n) is 3.63. The number of nitrogen functional groups attached to an aromatic ring is 1. The quantitative estimate of drug-likeness (QED) is 0.321. The first kappa shape index (κ1) is 23.1. The summed E-state index contributed by atoms with van der Waals surface area (Å²) in [4.78, 5) is 13.3. The molecular weight excluding hydrogens is 535 g/mol. The van der Waals surface area contributed by atoms with Crippen molar-refractivity contribution in [3.63, 3.8) is 0 Å². The van der Waals surface area contributed by atoms with Crippen LogP contribution in [0, 0.1) is 5.82 Å². The number of imidazole rings is 1. The maximum atomic E-state index is 13.4. The van der Waals surface area contributed by atoms with Gasteiger partial charge in [-0.25, -0.2) is 32.5 Å². The number of halogens is 2. The minimum atomic E-state index is -3.86. The Balaban J connectivity index is 1.48. The Hall–Kier alpha value is -3.67. The van der Waals surface area contributed by atoms with Crippen LogP contribution in [0.25, 0.3) is 28.2 Å². The lowest BCUT2D eigenvalue weighted by Gasteiger charge is -2.11. The zero-order valence-electron chi connectivity index (χ0n) is 18.1. The number of nitrogens with zero attached hydrogens (tertiary/aromatic N) is 4. The van der Waals surface area contributed by atoms with Crippen molar-refractivity contribution in [2.45, 2.75) is 11.4 Å². The van der Waals surface area contributed by atoms with Crippen LogP contribution in [0.15, 0.2) is 88.5 Å². The van der Waals surface area contributed by atoms with E-state index in [9.17, 15) is 12.8 Å². The molecule has 3 heterocycles. The number of nitrogens with one attached hydrogen (secondary N) is 1. The highest BCUT2D eigenvalue weighted by molar-refractivity contribution is 9.10. The monoisotopic (exact) mass is 552 g/mol. The van der Waals surface area contributed by atoms with Crippen molar-refractivity contribution in [3.8, 4) is 17.1 Å². The predicted molar refractivity (Wildman–Crippen MR) is 135 cm³/mol. The van der Waals surface area contributed by atoms with Crippen LogP contribution < -0.4 is 10.5 Å². The van der Waals surface area contributed by atoms with Crippen molar-refractivity contribution >= 4 is 42.9 Å². The summed E-state index contributed by atoms with van der Waals surface area (Å²) < 4.78 is 43.6. The standard InChI is InChI=1S/C24H18BrFN6O2S/c25-16-11-21-24(29-14-16)32(23(31-21)20-5-2-10-28-22(20)27)18-8-6-15(7-9-18)13-30-35(33,34)19-4-1-3-17(26)12-19/h1-12,14,30H,13H2,(H2,27,28). The average Bonchev–Trinajstić information content (AvgIpc) is 3.21. The van der Waals surface area contributed by atoms with Gasteiger partial charge in [0.05, 0.1) is 10.5 Å². The van der Waals surface area contributed by atoms with E-state index < -0.39 is 15.8 Å². The number of nitrogens with two attached hydrogens (primary N) is 1. The molecular formula is C24H18BrFN6O2S. The lowest BCUT2D eigenvalue weighted by molar-refractivity contribution is 0.577. The van der Waals surface area contributed by atoms with Gasteiger partial charge in [-0.15, -0.1) is 0 Å². The summed E-state index contributed by atoms with van der Waals surface area (Å²) in [5, 5.41) is 0. The second kappa shape index (κ2) is 9.17. The lowest BCUT2D eigenvalue weighted by atomic mass is 10.2. The van der Waals surface area contributed by atoms with Gasteiger partial charge < -0.3 is 5.73 Å². The number of rotatable bonds is 6. The molecule has 0 saturated carbocycles. The number of hydrogen-bond donors (Lipinski definition) is 2. The van der Waals surface area contributed by atoms with E-state index in [0.717, 1.165) is 21.8 Å². The zero-order chi connectivity index (χ0) is 24.6. The lowest BCUT2D eigenvalue weighted by Crippen LogP contribution is -2.23. The number of sulfonamides is 1. The summed E-state index contributed by atoms with van der Waals surface area (Å²) in [6, 6.07) is 17.6. The minimum absolute atomic E-state index is 0.0391. The Kier molecular flexibility index (Phi) is 6.05. The molecule has 5 aromatic rings. The van der Waals surface area contributed by atoms with Crippen molar-refractivity contribution in [2.24, 2.45) is 0 Å². The summed E-state index contributed by atoms with van der Waals surface area (Å²) in [6.07, 6.45) is 3.30. The van der Waals surface area contributed by atoms with Crippen LogP contribution in [0.3, 0.4) is 0 Å². The molecule has 35 heavy (non-hydrogen) atoms. The normalized spacial score (nSPS) is 11.7. The number of pyridine rings is 2. The highest BCUT2D eigenvalue weighted by Gasteiger charge is 2.18. The highest BCUT2D eigenvalue weighted by atomic mass is 79.9. The van der Waals surface area contributed by atoms with Crippen molar-refractivity contribution in [3.05, 3.63) is 95.0 Å². The fraction of sp³-hybridized carbons (Fsp3) is 0.0417. The van der Waals surface area contributed by atoms with Crippen LogP contribution >= 0.6 is 15.9 Å². The summed E-state index contributed by atoms with van der Waals surface area (Å²) in [7, 11) is -3.86. The molecule has 0 atom stereocenters. The first-order chi connectivity index (χ1) is 16.8. The molecule has 2 aromatic carbocycles. The first-order valence-electron chi connectivity index (χ1n) is 10.4. The first-order valence-corrected chi connectivity index (χ1v) is 12.7. The molecule has 0 spiro atoms. The van der Waals surface area contributed by atoms with E-state index >= 15 is 0 Å². The smallest absolute Gasteiger partial charge is 0.240 e. The second-order valence-electron chi connectivity index (χ2n) is 7.65. The van der Waals surface area contributed by atoms with Crippen molar-refractivity contribution in [1.82, 2.24) is 24.2 Å². The van der Waals surface area contributed by atoms with Crippen LogP contribution in [0.4, 0.5) is 10.2 Å². The van der Waals surface area contributed by atoms with Gasteiger partial charge in [0.25, 0.3) is 0 Å². The van der Waals surface area contributed by atoms with Crippen LogP contribution in [-0.4, -0.2) is 27.9 Å². The van der Waals surface area contributed by atoms with E-state index in [-0.39, 0.29) is 11.4 Å². The number of fused-ring (bicyclic) bond motifs is 1. The maximum Gasteiger partial charge on any atom is 0.240 e. The molecule has 0 aliphatic carbocycles. The molecule has 176 valence electrons. The van der Waals surface area contributed by atoms with E-state index in [1.54, 1.807) is 30.6 Å². The molecule has 0 unspecified atom stereocenters. The Bertz CT molecular complexity index is 1660. The molecule has 0 amide bonds. The molecule has 0 bridgehead atoms. The van der Waals surface area contributed by atoms with Gasteiger partial charge >= 0.3 is 0 Å². The topological polar surface area (TPSA) is 116 Å². The fourth-order valence-corrected chi connectivity index (χ4v) is 5.00. The second-order valence-corrected chi connectivity index (χ2v) is 10.3. The molecule has 5 rings (SSSR count). The third-order valence-electron chi connectivity index (χ3n) is 5.31. The van der Waals surface area contributed by atoms with Crippen LogP contribution in [0.1, 0.15) is 5.56 Å². The average molecular weight is 553 g/mol. The zero-order valence-corrected chi connectivity index (χ0v) is 20.5. The van der Waals surface area contributed by atoms with Gasteiger partial charge in [-0.05, 0) is 70.0 Å². The molecule has 11 heteroatoms. The molecule has 3 N–H and O–H groups in total. The van der Waals surface area contributed by atoms with Crippen LogP contribution in [0.5, 0.6) is 0 Å². The number of benzene rings is 2. The summed E-state index contributed by atoms with van der Waals surface area (Å²) in [6.45, 7) is 0.0391. The SMILES string of the molecule is Nc1ncccc1-c1nc2cc(Br)cnc2n1-c1ccc(CNS(=O)(=O)c2cccc(F)c2)cc1. The van der Waals surface area contributed by atoms with Gasteiger partial charge in [0, 0.05) is 29.1 Å². The van der Waals surface area contributed by atoms with Gasteiger partial charge in [-0.3, -0.25) is 4.57 Å². The number of aromatic nitrogens is 4. The van der Waals surface area contributed by atoms with Crippen LogP contribution in [0.2, 0.25) is 0 Å². The van der Waals surface area contributed by atoms with Crippen LogP contribution in [-0.2, 0) is 16.6 Å². The van der Waals surface area contributed by atoms with Gasteiger partial charge in [-0.2, -0.15) is 0 Å². The van der Waals surface area contributed by atoms with Crippen molar-refractivity contribution in [2.75, 3.05) is 5.73 Å². The Morgan fingerprint density at radius 3 is 2.57 bits per heavy atom. The maximum absolute atomic E-state index is 13.4. The molecule has 0 saturated heterocycles. The molecule has 0 radical (unpaired) electrons. The van der Waals surface area contributed by atoms with E-state index in [4.69, 9.17) is 10.7 Å². The van der Waals surface area contributed by atoms with E-state index in [0.29, 0.717) is 28.4 Å². The van der Waals surface area contributed by atoms with E-state index in [2.05, 4.69) is 30.6 Å². The van der Waals surface area contributed by atoms with Gasteiger partial charge in [-0.1, -0.05) is 18.2 Å². The summed E-state index contributed by atoms with van der Waals surface area (Å²) in [5.74, 6) is 0.303. The number of hydrogen-bond acceptors (Lipinski definition) is 6. The van der Waals surface area contributed by atoms with Crippen molar-refractivity contribution < 1.29 is 12.8 Å². The van der Waals surface area contributed by atoms with E-state index in [1.165, 1.54) is 18.2 Å². The molecule has 0 fully saturated rings. The molecule has 0 aliphatic rings. The Morgan fingerprint density at radius 1 is 1.03 bits per heavy atom. The summed E-state index contributed by atoms with van der Waals surface area (Å²) in [5.41, 5.74) is 9.57.